The fourth-order valence-corrected chi connectivity index (χ4v) is 2.68. The summed E-state index contributed by atoms with van der Waals surface area (Å²) in [5, 5.41) is 2.22. The minimum Gasteiger partial charge on any atom is -0.340 e. The summed E-state index contributed by atoms with van der Waals surface area (Å²) >= 11 is 0. The van der Waals surface area contributed by atoms with Crippen molar-refractivity contribution in [3.63, 3.8) is 0 Å². The Bertz CT molecular complexity index is 395. The summed E-state index contributed by atoms with van der Waals surface area (Å²) in [5.41, 5.74) is 5.78. The normalized spacial score (nSPS) is 16.8. The molecule has 0 aromatic rings. The number of carbonyl (C=O) groups is 1. The fourth-order valence-electron chi connectivity index (χ4n) is 2.36. The van der Waals surface area contributed by atoms with Crippen molar-refractivity contribution in [2.24, 2.45) is 29.4 Å². The third kappa shape index (κ3) is 8.50. The molecule has 7 heteroatoms. The summed E-state index contributed by atoms with van der Waals surface area (Å²) in [5.74, 6) is -0.227. The predicted molar refractivity (Wildman–Crippen MR) is 79.5 cm³/mol. The standard InChI is InChI=1S/C13H28N2O4S/c1-9(2)5-12(7-14)10(3)6-11(4)13(16)15-8-20(17,18)19/h9-12H,5-8,14H2,1-4H3,(H,15,16)(H,17,18,19). The molecule has 0 aromatic heterocycles. The highest BCUT2D eigenvalue weighted by Crippen LogP contribution is 2.25. The molecule has 0 saturated carbocycles. The third-order valence-corrected chi connectivity index (χ3v) is 3.99. The maximum atomic E-state index is 11.7. The van der Waals surface area contributed by atoms with Gasteiger partial charge in [-0.25, -0.2) is 0 Å². The van der Waals surface area contributed by atoms with E-state index in [0.29, 0.717) is 24.8 Å². The lowest BCUT2D eigenvalue weighted by Crippen LogP contribution is -2.35. The topological polar surface area (TPSA) is 109 Å². The summed E-state index contributed by atoms with van der Waals surface area (Å²) < 4.78 is 29.8. The van der Waals surface area contributed by atoms with Crippen molar-refractivity contribution < 1.29 is 17.8 Å². The first-order chi connectivity index (χ1) is 9.06. The molecule has 4 N–H and O–H groups in total. The second-order valence-corrected chi connectivity index (χ2v) is 7.46. The van der Waals surface area contributed by atoms with E-state index in [1.807, 2.05) is 0 Å². The van der Waals surface area contributed by atoms with E-state index in [1.54, 1.807) is 6.92 Å². The summed E-state index contributed by atoms with van der Waals surface area (Å²) in [6, 6.07) is 0. The molecule has 3 atom stereocenters. The lowest BCUT2D eigenvalue weighted by atomic mass is 9.81. The molecule has 20 heavy (non-hydrogen) atoms. The molecule has 0 aliphatic rings. The van der Waals surface area contributed by atoms with E-state index < -0.39 is 16.0 Å². The molecule has 6 nitrogen and oxygen atoms in total. The van der Waals surface area contributed by atoms with Crippen LogP contribution in [0.4, 0.5) is 0 Å². The predicted octanol–water partition coefficient (Wildman–Crippen LogP) is 1.23. The summed E-state index contributed by atoms with van der Waals surface area (Å²) in [6.07, 6.45) is 1.66. The van der Waals surface area contributed by atoms with E-state index in [1.165, 1.54) is 0 Å². The minimum absolute atomic E-state index is 0.286. The number of hydrogen-bond donors (Lipinski definition) is 3. The summed E-state index contributed by atoms with van der Waals surface area (Å²) in [6.45, 7) is 8.67. The Balaban J connectivity index is 4.35. The second kappa shape index (κ2) is 8.59. The number of nitrogens with one attached hydrogen (secondary N) is 1. The van der Waals surface area contributed by atoms with Crippen molar-refractivity contribution in [1.29, 1.82) is 0 Å². The number of hydrogen-bond acceptors (Lipinski definition) is 4. The van der Waals surface area contributed by atoms with Crippen LogP contribution in [0.2, 0.25) is 0 Å². The van der Waals surface area contributed by atoms with Gasteiger partial charge in [-0.1, -0.05) is 27.7 Å². The first-order valence-electron chi connectivity index (χ1n) is 6.99. The SMILES string of the molecule is CC(C)CC(CN)C(C)CC(C)C(=O)NCS(=O)(=O)O. The average Bonchev–Trinajstić information content (AvgIpc) is 2.31. The van der Waals surface area contributed by atoms with Crippen molar-refractivity contribution in [2.45, 2.75) is 40.5 Å². The number of carbonyl (C=O) groups excluding carboxylic acids is 1. The van der Waals surface area contributed by atoms with Crippen molar-refractivity contribution in [2.75, 3.05) is 12.4 Å². The molecule has 0 aromatic carbocycles. The van der Waals surface area contributed by atoms with Gasteiger partial charge in [0.25, 0.3) is 10.1 Å². The first kappa shape index (κ1) is 19.3. The van der Waals surface area contributed by atoms with E-state index in [4.69, 9.17) is 10.3 Å². The number of rotatable bonds is 9. The summed E-state index contributed by atoms with van der Waals surface area (Å²) in [4.78, 5) is 11.7. The van der Waals surface area contributed by atoms with Crippen LogP contribution < -0.4 is 11.1 Å². The second-order valence-electron chi connectivity index (χ2n) is 6.01. The Labute approximate surface area is 122 Å². The van der Waals surface area contributed by atoms with Gasteiger partial charge in [0.05, 0.1) is 0 Å². The average molecular weight is 308 g/mol. The van der Waals surface area contributed by atoms with E-state index in [9.17, 15) is 13.2 Å². The molecular formula is C13H28N2O4S. The van der Waals surface area contributed by atoms with E-state index in [0.717, 1.165) is 6.42 Å². The smallest absolute Gasteiger partial charge is 0.283 e. The van der Waals surface area contributed by atoms with E-state index in [2.05, 4.69) is 26.1 Å². The molecule has 0 spiro atoms. The van der Waals surface area contributed by atoms with Gasteiger partial charge in [-0.15, -0.1) is 0 Å². The molecule has 120 valence electrons. The molecule has 0 aliphatic carbocycles. The Morgan fingerprint density at radius 1 is 1.20 bits per heavy atom. The zero-order chi connectivity index (χ0) is 15.9. The molecule has 0 rings (SSSR count). The van der Waals surface area contributed by atoms with Gasteiger partial charge in [0.2, 0.25) is 5.91 Å². The molecule has 0 fully saturated rings. The van der Waals surface area contributed by atoms with E-state index in [-0.39, 0.29) is 17.7 Å². The Kier molecular flexibility index (Phi) is 8.30. The monoisotopic (exact) mass is 308 g/mol. The van der Waals surface area contributed by atoms with Crippen molar-refractivity contribution in [1.82, 2.24) is 5.32 Å². The third-order valence-electron chi connectivity index (χ3n) is 3.48. The van der Waals surface area contributed by atoms with Crippen molar-refractivity contribution in [3.8, 4) is 0 Å². The molecule has 0 heterocycles. The van der Waals surface area contributed by atoms with Crippen LogP contribution in [0.1, 0.15) is 40.5 Å². The largest absolute Gasteiger partial charge is 0.340 e. The number of nitrogens with two attached hydrogens (primary N) is 1. The lowest BCUT2D eigenvalue weighted by Gasteiger charge is -2.26. The van der Waals surface area contributed by atoms with Crippen LogP contribution in [0, 0.1) is 23.7 Å². The minimum atomic E-state index is -4.17. The summed E-state index contributed by atoms with van der Waals surface area (Å²) in [7, 11) is -4.17. The van der Waals surface area contributed by atoms with Crippen molar-refractivity contribution >= 4 is 16.0 Å². The van der Waals surface area contributed by atoms with Crippen LogP contribution >= 0.6 is 0 Å². The van der Waals surface area contributed by atoms with Gasteiger partial charge in [0.1, 0.15) is 5.88 Å². The highest BCUT2D eigenvalue weighted by atomic mass is 32.2. The number of amides is 1. The molecule has 0 aliphatic heterocycles. The zero-order valence-electron chi connectivity index (χ0n) is 12.8. The van der Waals surface area contributed by atoms with Crippen LogP contribution in [0.5, 0.6) is 0 Å². The van der Waals surface area contributed by atoms with Crippen LogP contribution in [-0.2, 0) is 14.9 Å². The maximum Gasteiger partial charge on any atom is 0.283 e. The molecule has 0 bridgehead atoms. The highest BCUT2D eigenvalue weighted by molar-refractivity contribution is 7.85. The lowest BCUT2D eigenvalue weighted by molar-refractivity contribution is -0.124. The Hall–Kier alpha value is -0.660. The molecule has 0 saturated heterocycles. The molecular weight excluding hydrogens is 280 g/mol. The van der Waals surface area contributed by atoms with Gasteiger partial charge >= 0.3 is 0 Å². The quantitative estimate of drug-likeness (QED) is 0.555. The first-order valence-corrected chi connectivity index (χ1v) is 8.60. The van der Waals surface area contributed by atoms with Crippen LogP contribution in [0.3, 0.4) is 0 Å². The molecule has 0 radical (unpaired) electrons. The van der Waals surface area contributed by atoms with Gasteiger partial charge in [0.15, 0.2) is 0 Å². The highest BCUT2D eigenvalue weighted by Gasteiger charge is 2.23. The van der Waals surface area contributed by atoms with Crippen LogP contribution in [-0.4, -0.2) is 31.3 Å². The van der Waals surface area contributed by atoms with Gasteiger partial charge in [0, 0.05) is 5.92 Å². The van der Waals surface area contributed by atoms with Gasteiger partial charge in [-0.3, -0.25) is 9.35 Å². The van der Waals surface area contributed by atoms with Gasteiger partial charge in [-0.05, 0) is 37.1 Å². The Morgan fingerprint density at radius 2 is 1.75 bits per heavy atom. The molecule has 1 amide bonds. The van der Waals surface area contributed by atoms with Crippen LogP contribution in [0.15, 0.2) is 0 Å². The fraction of sp³-hybridized carbons (Fsp3) is 0.923. The van der Waals surface area contributed by atoms with Crippen molar-refractivity contribution in [3.05, 3.63) is 0 Å². The van der Waals surface area contributed by atoms with E-state index >= 15 is 0 Å². The van der Waals surface area contributed by atoms with Crippen LogP contribution in [0.25, 0.3) is 0 Å². The molecule has 3 unspecified atom stereocenters. The Morgan fingerprint density at radius 3 is 2.15 bits per heavy atom. The van der Waals surface area contributed by atoms with Gasteiger partial charge in [-0.2, -0.15) is 8.42 Å². The zero-order valence-corrected chi connectivity index (χ0v) is 13.6. The maximum absolute atomic E-state index is 11.7. The van der Waals surface area contributed by atoms with Gasteiger partial charge < -0.3 is 11.1 Å².